The summed E-state index contributed by atoms with van der Waals surface area (Å²) in [7, 11) is 0. The van der Waals surface area contributed by atoms with Gasteiger partial charge in [-0.3, -0.25) is 14.4 Å². The zero-order valence-corrected chi connectivity index (χ0v) is 14.8. The predicted octanol–water partition coefficient (Wildman–Crippen LogP) is 1.75. The number of hydrogen-bond donors (Lipinski definition) is 0. The van der Waals surface area contributed by atoms with Crippen molar-refractivity contribution in [3.8, 4) is 0 Å². The van der Waals surface area contributed by atoms with Gasteiger partial charge < -0.3 is 9.64 Å². The number of benzene rings is 1. The fourth-order valence-electron chi connectivity index (χ4n) is 4.06. The van der Waals surface area contributed by atoms with Gasteiger partial charge >= 0.3 is 0 Å². The Kier molecular flexibility index (Phi) is 4.72. The lowest BCUT2D eigenvalue weighted by molar-refractivity contribution is -0.137. The van der Waals surface area contributed by atoms with Crippen LogP contribution in [0.2, 0.25) is 0 Å². The van der Waals surface area contributed by atoms with Gasteiger partial charge in [-0.25, -0.2) is 0 Å². The molecular formula is C19H26N4O2. The van der Waals surface area contributed by atoms with E-state index in [2.05, 4.69) is 16.9 Å². The largest absolute Gasteiger partial charge is 0.381 e. The van der Waals surface area contributed by atoms with Gasteiger partial charge in [-0.1, -0.05) is 18.2 Å². The molecule has 1 aromatic heterocycles. The van der Waals surface area contributed by atoms with Crippen molar-refractivity contribution in [3.05, 3.63) is 30.5 Å². The quantitative estimate of drug-likeness (QED) is 0.853. The second kappa shape index (κ2) is 7.14. The molecule has 0 unspecified atom stereocenters. The molecule has 2 aliphatic rings. The fraction of sp³-hybridized carbons (Fsp3) is 0.579. The maximum absolute atomic E-state index is 12.8. The van der Waals surface area contributed by atoms with Crippen molar-refractivity contribution in [1.82, 2.24) is 19.6 Å². The van der Waals surface area contributed by atoms with Crippen LogP contribution >= 0.6 is 0 Å². The Balaban J connectivity index is 1.37. The highest BCUT2D eigenvalue weighted by atomic mass is 16.5. The van der Waals surface area contributed by atoms with Crippen molar-refractivity contribution in [2.75, 3.05) is 32.8 Å². The van der Waals surface area contributed by atoms with Crippen molar-refractivity contribution in [1.29, 1.82) is 0 Å². The zero-order valence-electron chi connectivity index (χ0n) is 14.8. The van der Waals surface area contributed by atoms with Crippen molar-refractivity contribution in [3.63, 3.8) is 0 Å². The SMILES string of the molecule is C[C@@H]1CN(C2CCOCC2)CCN1C(=O)Cn1cc2ccccc2n1. The minimum atomic E-state index is 0.159. The first-order valence-electron chi connectivity index (χ1n) is 9.24. The molecule has 25 heavy (non-hydrogen) atoms. The zero-order chi connectivity index (χ0) is 17.2. The number of ether oxygens (including phenoxy) is 1. The van der Waals surface area contributed by atoms with Gasteiger partial charge in [0.2, 0.25) is 5.91 Å². The van der Waals surface area contributed by atoms with Gasteiger partial charge in [-0.2, -0.15) is 5.10 Å². The third-order valence-corrected chi connectivity index (χ3v) is 5.44. The van der Waals surface area contributed by atoms with Gasteiger partial charge in [0.15, 0.2) is 0 Å². The molecule has 2 saturated heterocycles. The summed E-state index contributed by atoms with van der Waals surface area (Å²) in [6, 6.07) is 8.83. The summed E-state index contributed by atoms with van der Waals surface area (Å²) in [5, 5.41) is 5.58. The van der Waals surface area contributed by atoms with Gasteiger partial charge in [-0.05, 0) is 25.8 Å². The number of carbonyl (C=O) groups is 1. The first kappa shape index (κ1) is 16.5. The normalized spacial score (nSPS) is 23.2. The van der Waals surface area contributed by atoms with Crippen LogP contribution in [0.15, 0.2) is 30.5 Å². The lowest BCUT2D eigenvalue weighted by atomic mass is 10.0. The standard InChI is InChI=1S/C19H26N4O2/c1-15-12-21(17-6-10-25-11-7-17)8-9-23(15)19(24)14-22-13-16-4-2-3-5-18(16)20-22/h2-5,13,15,17H,6-12,14H2,1H3/t15-/m1/s1. The van der Waals surface area contributed by atoms with Crippen LogP contribution in [-0.2, 0) is 16.1 Å². The Morgan fingerprint density at radius 1 is 1.24 bits per heavy atom. The summed E-state index contributed by atoms with van der Waals surface area (Å²) in [6.07, 6.45) is 4.18. The maximum Gasteiger partial charge on any atom is 0.244 e. The first-order chi connectivity index (χ1) is 12.2. The summed E-state index contributed by atoms with van der Waals surface area (Å²) in [5.74, 6) is 0.159. The summed E-state index contributed by atoms with van der Waals surface area (Å²) in [4.78, 5) is 17.3. The molecule has 2 aliphatic heterocycles. The minimum Gasteiger partial charge on any atom is -0.381 e. The molecule has 0 spiro atoms. The number of amides is 1. The van der Waals surface area contributed by atoms with E-state index in [1.165, 1.54) is 0 Å². The molecule has 6 heteroatoms. The number of aromatic nitrogens is 2. The lowest BCUT2D eigenvalue weighted by Crippen LogP contribution is -2.57. The number of fused-ring (bicyclic) bond motifs is 1. The summed E-state index contributed by atoms with van der Waals surface area (Å²) in [5.41, 5.74) is 0.938. The van der Waals surface area contributed by atoms with Crippen LogP contribution in [0, 0.1) is 0 Å². The van der Waals surface area contributed by atoms with Gasteiger partial charge in [0, 0.05) is 56.5 Å². The lowest BCUT2D eigenvalue weighted by Gasteiger charge is -2.44. The molecule has 0 saturated carbocycles. The number of rotatable bonds is 3. The molecule has 4 rings (SSSR count). The Bertz CT molecular complexity index is 705. The number of piperazine rings is 1. The van der Waals surface area contributed by atoms with Crippen LogP contribution in [-0.4, -0.2) is 70.4 Å². The van der Waals surface area contributed by atoms with E-state index in [9.17, 15) is 4.79 Å². The average Bonchev–Trinajstić information content (AvgIpc) is 3.04. The van der Waals surface area contributed by atoms with Gasteiger partial charge in [0.05, 0.1) is 5.52 Å². The molecule has 6 nitrogen and oxygen atoms in total. The topological polar surface area (TPSA) is 50.6 Å². The van der Waals surface area contributed by atoms with E-state index in [0.717, 1.165) is 56.6 Å². The van der Waals surface area contributed by atoms with Crippen molar-refractivity contribution >= 4 is 16.8 Å². The van der Waals surface area contributed by atoms with Crippen molar-refractivity contribution < 1.29 is 9.53 Å². The van der Waals surface area contributed by atoms with Gasteiger partial charge in [-0.15, -0.1) is 0 Å². The second-order valence-electron chi connectivity index (χ2n) is 7.16. The van der Waals surface area contributed by atoms with Crippen LogP contribution in [0.4, 0.5) is 0 Å². The maximum atomic E-state index is 12.8. The molecule has 0 aliphatic carbocycles. The molecule has 2 aromatic rings. The van der Waals surface area contributed by atoms with Crippen LogP contribution in [0.3, 0.4) is 0 Å². The molecule has 2 fully saturated rings. The first-order valence-corrected chi connectivity index (χ1v) is 9.24. The van der Waals surface area contributed by atoms with E-state index < -0.39 is 0 Å². The molecule has 1 amide bonds. The van der Waals surface area contributed by atoms with Crippen LogP contribution in [0.25, 0.3) is 10.9 Å². The smallest absolute Gasteiger partial charge is 0.244 e. The molecule has 0 N–H and O–H groups in total. The highest BCUT2D eigenvalue weighted by molar-refractivity contribution is 5.80. The molecule has 134 valence electrons. The van der Waals surface area contributed by atoms with Crippen LogP contribution in [0.1, 0.15) is 19.8 Å². The molecule has 1 aromatic carbocycles. The van der Waals surface area contributed by atoms with Gasteiger partial charge in [0.25, 0.3) is 0 Å². The summed E-state index contributed by atoms with van der Waals surface area (Å²) >= 11 is 0. The number of nitrogens with zero attached hydrogens (tertiary/aromatic N) is 4. The average molecular weight is 342 g/mol. The third kappa shape index (κ3) is 3.55. The van der Waals surface area contributed by atoms with Gasteiger partial charge in [0.1, 0.15) is 6.54 Å². The van der Waals surface area contributed by atoms with E-state index in [-0.39, 0.29) is 11.9 Å². The number of hydrogen-bond acceptors (Lipinski definition) is 4. The molecular weight excluding hydrogens is 316 g/mol. The Labute approximate surface area is 148 Å². The third-order valence-electron chi connectivity index (χ3n) is 5.44. The predicted molar refractivity (Wildman–Crippen MR) is 96.3 cm³/mol. The van der Waals surface area contributed by atoms with E-state index in [1.54, 1.807) is 4.68 Å². The van der Waals surface area contributed by atoms with E-state index in [1.807, 2.05) is 35.4 Å². The highest BCUT2D eigenvalue weighted by Gasteiger charge is 2.31. The second-order valence-corrected chi connectivity index (χ2v) is 7.16. The molecule has 0 radical (unpaired) electrons. The molecule has 1 atom stereocenters. The fourth-order valence-corrected chi connectivity index (χ4v) is 4.06. The monoisotopic (exact) mass is 342 g/mol. The van der Waals surface area contributed by atoms with E-state index in [0.29, 0.717) is 12.6 Å². The Hall–Kier alpha value is -1.92. The summed E-state index contributed by atoms with van der Waals surface area (Å²) in [6.45, 7) is 6.92. The molecule has 3 heterocycles. The Morgan fingerprint density at radius 2 is 2.04 bits per heavy atom. The molecule has 0 bridgehead atoms. The highest BCUT2D eigenvalue weighted by Crippen LogP contribution is 2.20. The van der Waals surface area contributed by atoms with Crippen molar-refractivity contribution in [2.24, 2.45) is 0 Å². The number of carbonyl (C=O) groups excluding carboxylic acids is 1. The van der Waals surface area contributed by atoms with Crippen LogP contribution < -0.4 is 0 Å². The minimum absolute atomic E-state index is 0.159. The van der Waals surface area contributed by atoms with Crippen molar-refractivity contribution in [2.45, 2.75) is 38.4 Å². The Morgan fingerprint density at radius 3 is 2.80 bits per heavy atom. The van der Waals surface area contributed by atoms with Crippen LogP contribution in [0.5, 0.6) is 0 Å². The van der Waals surface area contributed by atoms with E-state index in [4.69, 9.17) is 4.74 Å². The van der Waals surface area contributed by atoms with E-state index >= 15 is 0 Å². The summed E-state index contributed by atoms with van der Waals surface area (Å²) < 4.78 is 7.24.